The molecule has 0 unspecified atom stereocenters. The van der Waals surface area contributed by atoms with Gasteiger partial charge in [-0.2, -0.15) is 4.98 Å². The third-order valence-corrected chi connectivity index (χ3v) is 9.78. The molecule has 3 aromatic rings. The van der Waals surface area contributed by atoms with Crippen LogP contribution in [0.3, 0.4) is 0 Å². The first-order valence-electron chi connectivity index (χ1n) is 13.0. The minimum atomic E-state index is -3.38. The lowest BCUT2D eigenvalue weighted by Crippen LogP contribution is -2.48. The maximum absolute atomic E-state index is 13.4. The molecule has 0 saturated heterocycles. The Kier molecular flexibility index (Phi) is 6.32. The van der Waals surface area contributed by atoms with Gasteiger partial charge in [-0.3, -0.25) is 4.98 Å². The summed E-state index contributed by atoms with van der Waals surface area (Å²) in [6.07, 6.45) is 3.33. The minimum absolute atomic E-state index is 0.0873. The molecule has 0 aromatic carbocycles. The number of nitrogens with zero attached hydrogens (tertiary/aromatic N) is 4. The molecule has 3 aromatic heterocycles. The molecule has 0 spiro atoms. The van der Waals surface area contributed by atoms with Crippen LogP contribution in [0.25, 0.3) is 20.8 Å². The van der Waals surface area contributed by atoms with E-state index in [9.17, 15) is 27.4 Å². The number of fused-ring (bicyclic) bond motifs is 1. The maximum Gasteiger partial charge on any atom is 0.252 e. The molecule has 4 N–H and O–H groups in total. The summed E-state index contributed by atoms with van der Waals surface area (Å²) in [5.74, 6) is -2.97. The second kappa shape index (κ2) is 9.25. The number of halogens is 2. The number of alkyl halides is 2. The highest BCUT2D eigenvalue weighted by molar-refractivity contribution is 7.90. The molecule has 6 rings (SSSR count). The number of nitrogens with one attached hydrogen (secondary N) is 2. The van der Waals surface area contributed by atoms with E-state index in [4.69, 9.17) is 4.98 Å². The Morgan fingerprint density at radius 3 is 2.59 bits per heavy atom. The van der Waals surface area contributed by atoms with E-state index >= 15 is 0 Å². The lowest BCUT2D eigenvalue weighted by Gasteiger charge is -2.35. The van der Waals surface area contributed by atoms with Crippen molar-refractivity contribution in [3.8, 4) is 10.6 Å². The summed E-state index contributed by atoms with van der Waals surface area (Å²) in [6, 6.07) is 1.40. The van der Waals surface area contributed by atoms with Crippen molar-refractivity contribution in [2.24, 2.45) is 5.92 Å². The molecule has 3 atom stereocenters. The van der Waals surface area contributed by atoms with Gasteiger partial charge in [-0.25, -0.2) is 27.2 Å². The lowest BCUT2D eigenvalue weighted by atomic mass is 9.88. The summed E-state index contributed by atoms with van der Waals surface area (Å²) in [5.41, 5.74) is 0.903. The van der Waals surface area contributed by atoms with Crippen molar-refractivity contribution in [1.82, 2.24) is 19.9 Å². The first kappa shape index (κ1) is 26.7. The van der Waals surface area contributed by atoms with Crippen molar-refractivity contribution in [1.29, 1.82) is 0 Å². The Morgan fingerprint density at radius 1 is 1.18 bits per heavy atom. The van der Waals surface area contributed by atoms with Crippen LogP contribution in [0.5, 0.6) is 0 Å². The van der Waals surface area contributed by atoms with E-state index in [-0.39, 0.29) is 43.2 Å². The molecule has 39 heavy (non-hydrogen) atoms. The molecule has 10 nitrogen and oxygen atoms in total. The van der Waals surface area contributed by atoms with Gasteiger partial charge < -0.3 is 20.8 Å². The molecule has 0 amide bonds. The molecule has 3 fully saturated rings. The number of aliphatic hydroxyl groups is 2. The first-order valence-corrected chi connectivity index (χ1v) is 15.8. The van der Waals surface area contributed by atoms with Gasteiger partial charge in [0.2, 0.25) is 5.95 Å². The van der Waals surface area contributed by atoms with Crippen molar-refractivity contribution in [3.63, 3.8) is 0 Å². The summed E-state index contributed by atoms with van der Waals surface area (Å²) in [5, 5.41) is 28.9. The first-order chi connectivity index (χ1) is 18.3. The number of sulfone groups is 1. The van der Waals surface area contributed by atoms with E-state index < -0.39 is 39.5 Å². The number of hydrogen-bond donors (Lipinski definition) is 4. The van der Waals surface area contributed by atoms with Crippen LogP contribution >= 0.6 is 11.3 Å². The van der Waals surface area contributed by atoms with E-state index in [0.29, 0.717) is 22.2 Å². The standard InChI is InChI=1S/C25H30F2N6O4S2/c1-12-17(22-31-19-16(38-22)6-8-28-18(19)13-3-4-13)21(32-23(29-12)30-15-9-24(26,27)10-15)33-25(35)7-5-14(20(25)34)11-39(2,36)37/h6,8,13-15,20,34-35H,3-5,7,9-11H2,1-2H3,(H2,29,30,32,33)/t14-,20-,25-/m1/s1. The fraction of sp³-hybridized carbons (Fsp3) is 0.600. The molecular formula is C25H30F2N6O4S2. The van der Waals surface area contributed by atoms with E-state index in [1.807, 2.05) is 6.07 Å². The Bertz CT molecular complexity index is 1540. The third kappa shape index (κ3) is 5.31. The van der Waals surface area contributed by atoms with Crippen LogP contribution in [0, 0.1) is 12.8 Å². The van der Waals surface area contributed by atoms with Crippen LogP contribution in [0.4, 0.5) is 20.5 Å². The highest BCUT2D eigenvalue weighted by atomic mass is 32.2. The number of thiazole rings is 1. The average molecular weight is 581 g/mol. The Morgan fingerprint density at radius 2 is 1.92 bits per heavy atom. The average Bonchev–Trinajstić information content (AvgIpc) is 3.51. The molecule has 3 heterocycles. The zero-order valence-electron chi connectivity index (χ0n) is 21.5. The molecular weight excluding hydrogens is 550 g/mol. The highest BCUT2D eigenvalue weighted by Crippen LogP contribution is 2.45. The number of aliphatic hydroxyl groups excluding tert-OH is 1. The van der Waals surface area contributed by atoms with Gasteiger partial charge in [-0.05, 0) is 38.7 Å². The number of aromatic nitrogens is 4. The fourth-order valence-corrected chi connectivity index (χ4v) is 7.77. The van der Waals surface area contributed by atoms with Crippen LogP contribution in [0.1, 0.15) is 55.8 Å². The van der Waals surface area contributed by atoms with Crippen molar-refractivity contribution in [2.75, 3.05) is 22.6 Å². The molecule has 3 aliphatic carbocycles. The molecule has 3 aliphatic rings. The monoisotopic (exact) mass is 580 g/mol. The molecule has 0 radical (unpaired) electrons. The van der Waals surface area contributed by atoms with Gasteiger partial charge in [-0.15, -0.1) is 11.3 Å². The predicted octanol–water partition coefficient (Wildman–Crippen LogP) is 3.46. The Hall–Kier alpha value is -2.55. The molecule has 3 saturated carbocycles. The van der Waals surface area contributed by atoms with Crippen molar-refractivity contribution in [3.05, 3.63) is 23.7 Å². The van der Waals surface area contributed by atoms with Gasteiger partial charge in [-0.1, -0.05) is 0 Å². The number of hydrogen-bond acceptors (Lipinski definition) is 11. The van der Waals surface area contributed by atoms with Crippen LogP contribution in [0.2, 0.25) is 0 Å². The lowest BCUT2D eigenvalue weighted by molar-refractivity contribution is -0.0794. The highest BCUT2D eigenvalue weighted by Gasteiger charge is 2.49. The smallest absolute Gasteiger partial charge is 0.252 e. The largest absolute Gasteiger partial charge is 0.388 e. The quantitative estimate of drug-likeness (QED) is 0.292. The molecule has 0 bridgehead atoms. The summed E-state index contributed by atoms with van der Waals surface area (Å²) >= 11 is 1.43. The topological polar surface area (TPSA) is 150 Å². The molecule has 14 heteroatoms. The van der Waals surface area contributed by atoms with Gasteiger partial charge >= 0.3 is 0 Å². The van der Waals surface area contributed by atoms with E-state index in [0.717, 1.165) is 35.0 Å². The van der Waals surface area contributed by atoms with Crippen molar-refractivity contribution >= 4 is 43.2 Å². The van der Waals surface area contributed by atoms with Gasteiger partial charge in [0.25, 0.3) is 5.92 Å². The summed E-state index contributed by atoms with van der Waals surface area (Å²) in [6.45, 7) is 1.75. The van der Waals surface area contributed by atoms with Gasteiger partial charge in [0.05, 0.1) is 27.4 Å². The Labute approximate surface area is 228 Å². The van der Waals surface area contributed by atoms with Crippen LogP contribution in [0.15, 0.2) is 12.3 Å². The van der Waals surface area contributed by atoms with Gasteiger partial charge in [0.15, 0.2) is 5.72 Å². The second-order valence-electron chi connectivity index (χ2n) is 11.2. The second-order valence-corrected chi connectivity index (χ2v) is 14.4. The number of pyridine rings is 1. The van der Waals surface area contributed by atoms with Gasteiger partial charge in [0.1, 0.15) is 32.3 Å². The van der Waals surface area contributed by atoms with E-state index in [1.165, 1.54) is 11.3 Å². The fourth-order valence-electron chi connectivity index (χ4n) is 5.57. The third-order valence-electron chi connectivity index (χ3n) is 7.71. The summed E-state index contributed by atoms with van der Waals surface area (Å²) in [7, 11) is -3.38. The minimum Gasteiger partial charge on any atom is -0.388 e. The van der Waals surface area contributed by atoms with Crippen molar-refractivity contribution in [2.45, 2.75) is 75.2 Å². The zero-order valence-corrected chi connectivity index (χ0v) is 23.1. The zero-order chi connectivity index (χ0) is 27.7. The van der Waals surface area contributed by atoms with Crippen LogP contribution in [-0.2, 0) is 9.84 Å². The van der Waals surface area contributed by atoms with Crippen LogP contribution in [-0.4, -0.2) is 74.4 Å². The Balaban J connectivity index is 1.39. The van der Waals surface area contributed by atoms with Crippen LogP contribution < -0.4 is 10.6 Å². The molecule has 0 aliphatic heterocycles. The summed E-state index contributed by atoms with van der Waals surface area (Å²) < 4.78 is 51.6. The normalized spacial score (nSPS) is 27.0. The number of aryl methyl sites for hydroxylation is 1. The van der Waals surface area contributed by atoms with E-state index in [1.54, 1.807) is 13.1 Å². The predicted molar refractivity (Wildman–Crippen MR) is 144 cm³/mol. The number of rotatable bonds is 8. The SMILES string of the molecule is Cc1nc(NC2CC(F)(F)C2)nc(N[C@@]2(O)CC[C@H](CS(C)(=O)=O)[C@H]2O)c1-c1nc2c(C3CC3)nccc2s1. The van der Waals surface area contributed by atoms with E-state index in [2.05, 4.69) is 25.6 Å². The van der Waals surface area contributed by atoms with Crippen molar-refractivity contribution < 1.29 is 27.4 Å². The molecule has 210 valence electrons. The summed E-state index contributed by atoms with van der Waals surface area (Å²) in [4.78, 5) is 18.5. The van der Waals surface area contributed by atoms with Gasteiger partial charge in [0, 0.05) is 43.2 Å². The maximum atomic E-state index is 13.4. The number of anilines is 2.